The Hall–Kier alpha value is -4.04. The van der Waals surface area contributed by atoms with Crippen LogP contribution in [0.2, 0.25) is 0 Å². The second-order valence-corrected chi connectivity index (χ2v) is 6.99. The minimum absolute atomic E-state index is 0.0380. The molecule has 0 aromatic carbocycles. The SMILES string of the molecule is C[C@@H](NC(=O)Cc1ccncc1)C(=O)N[C@H](C)C(=O)N[C@@H](CC(N)=O)C(=O)OC(=O)C(F)(F)F. The van der Waals surface area contributed by atoms with E-state index in [2.05, 4.69) is 20.4 Å². The minimum Gasteiger partial charge on any atom is -0.385 e. The van der Waals surface area contributed by atoms with Crippen molar-refractivity contribution in [1.29, 1.82) is 0 Å². The summed E-state index contributed by atoms with van der Waals surface area (Å²) in [6.07, 6.45) is -3.53. The van der Waals surface area contributed by atoms with Gasteiger partial charge in [-0.3, -0.25) is 24.2 Å². The molecule has 0 aliphatic carbocycles. The van der Waals surface area contributed by atoms with Crippen LogP contribution < -0.4 is 21.7 Å². The predicted octanol–water partition coefficient (Wildman–Crippen LogP) is -1.37. The molecule has 34 heavy (non-hydrogen) atoms. The van der Waals surface area contributed by atoms with Gasteiger partial charge in [-0.15, -0.1) is 0 Å². The van der Waals surface area contributed by atoms with E-state index in [-0.39, 0.29) is 6.42 Å². The molecule has 3 atom stereocenters. The van der Waals surface area contributed by atoms with Crippen LogP contribution in [0.1, 0.15) is 25.8 Å². The van der Waals surface area contributed by atoms with Gasteiger partial charge in [-0.2, -0.15) is 13.2 Å². The zero-order valence-corrected chi connectivity index (χ0v) is 18.0. The number of nitrogens with one attached hydrogen (secondary N) is 3. The largest absolute Gasteiger partial charge is 0.491 e. The predicted molar refractivity (Wildman–Crippen MR) is 106 cm³/mol. The van der Waals surface area contributed by atoms with Crippen molar-refractivity contribution in [2.24, 2.45) is 5.73 Å². The Labute approximate surface area is 190 Å². The van der Waals surface area contributed by atoms with E-state index >= 15 is 0 Å². The zero-order valence-electron chi connectivity index (χ0n) is 18.0. The van der Waals surface area contributed by atoms with Crippen molar-refractivity contribution in [2.75, 3.05) is 0 Å². The Morgan fingerprint density at radius 3 is 2.03 bits per heavy atom. The third kappa shape index (κ3) is 9.62. The van der Waals surface area contributed by atoms with E-state index in [1.54, 1.807) is 12.1 Å². The van der Waals surface area contributed by atoms with Crippen molar-refractivity contribution in [3.63, 3.8) is 0 Å². The number of rotatable bonds is 10. The molecule has 186 valence electrons. The number of halogens is 3. The topological polar surface area (TPSA) is 187 Å². The average molecular weight is 489 g/mol. The first-order valence-corrected chi connectivity index (χ1v) is 9.60. The van der Waals surface area contributed by atoms with E-state index < -0.39 is 66.3 Å². The molecular weight excluding hydrogens is 467 g/mol. The number of alkyl halides is 3. The maximum absolute atomic E-state index is 12.3. The molecule has 0 spiro atoms. The molecule has 0 radical (unpaired) electrons. The lowest BCUT2D eigenvalue weighted by Gasteiger charge is -2.21. The van der Waals surface area contributed by atoms with Crippen molar-refractivity contribution in [3.05, 3.63) is 30.1 Å². The number of hydrogen-bond acceptors (Lipinski definition) is 8. The Morgan fingerprint density at radius 2 is 1.50 bits per heavy atom. The van der Waals surface area contributed by atoms with Crippen LogP contribution in [0.5, 0.6) is 0 Å². The number of carbonyl (C=O) groups is 6. The zero-order chi connectivity index (χ0) is 26.1. The minimum atomic E-state index is -5.49. The molecule has 0 aliphatic heterocycles. The summed E-state index contributed by atoms with van der Waals surface area (Å²) in [5.74, 6) is -8.31. The summed E-state index contributed by atoms with van der Waals surface area (Å²) in [5, 5.41) is 6.51. The fourth-order valence-corrected chi connectivity index (χ4v) is 2.36. The molecule has 1 aromatic heterocycles. The number of esters is 2. The summed E-state index contributed by atoms with van der Waals surface area (Å²) in [6, 6.07) is -1.26. The van der Waals surface area contributed by atoms with E-state index in [0.29, 0.717) is 5.56 Å². The van der Waals surface area contributed by atoms with Gasteiger partial charge in [0.25, 0.3) is 0 Å². The maximum Gasteiger partial charge on any atom is 0.491 e. The monoisotopic (exact) mass is 489 g/mol. The molecule has 1 aromatic rings. The van der Waals surface area contributed by atoms with Crippen molar-refractivity contribution in [2.45, 2.75) is 51.0 Å². The summed E-state index contributed by atoms with van der Waals surface area (Å²) >= 11 is 0. The normalized spacial score (nSPS) is 13.6. The lowest BCUT2D eigenvalue weighted by molar-refractivity contribution is -0.202. The van der Waals surface area contributed by atoms with Crippen LogP contribution in [0.3, 0.4) is 0 Å². The molecule has 5 N–H and O–H groups in total. The number of nitrogens with zero attached hydrogens (tertiary/aromatic N) is 1. The van der Waals surface area contributed by atoms with Crippen molar-refractivity contribution in [3.8, 4) is 0 Å². The smallest absolute Gasteiger partial charge is 0.385 e. The molecule has 15 heteroatoms. The standard InChI is InChI=1S/C19H22F3N5O7/c1-9(25-14(29)7-11-3-5-24-6-4-11)15(30)26-10(2)16(31)27-12(8-13(23)28)17(32)34-18(33)19(20,21)22/h3-6,9-10,12H,7-8H2,1-2H3,(H2,23,28)(H,25,29)(H,26,30)(H,27,31)/t9-,10-,12+/m1/s1. The van der Waals surface area contributed by atoms with E-state index in [1.165, 1.54) is 19.3 Å². The summed E-state index contributed by atoms with van der Waals surface area (Å²) < 4.78 is 40.4. The number of primary amides is 1. The second-order valence-electron chi connectivity index (χ2n) is 6.99. The number of amides is 4. The van der Waals surface area contributed by atoms with Crippen LogP contribution >= 0.6 is 0 Å². The fourth-order valence-electron chi connectivity index (χ4n) is 2.36. The Morgan fingerprint density at radius 1 is 0.971 bits per heavy atom. The van der Waals surface area contributed by atoms with E-state index in [4.69, 9.17) is 5.73 Å². The van der Waals surface area contributed by atoms with Gasteiger partial charge in [0.1, 0.15) is 18.1 Å². The lowest BCUT2D eigenvalue weighted by Crippen LogP contribution is -2.55. The molecular formula is C19H22F3N5O7. The highest BCUT2D eigenvalue weighted by atomic mass is 19.4. The van der Waals surface area contributed by atoms with E-state index in [1.807, 2.05) is 5.32 Å². The van der Waals surface area contributed by atoms with Crippen LogP contribution in [0.4, 0.5) is 13.2 Å². The molecule has 0 bridgehead atoms. The first-order chi connectivity index (χ1) is 15.7. The van der Waals surface area contributed by atoms with Gasteiger partial charge in [-0.05, 0) is 31.5 Å². The molecule has 0 aliphatic rings. The number of pyridine rings is 1. The van der Waals surface area contributed by atoms with Gasteiger partial charge in [-0.1, -0.05) is 0 Å². The van der Waals surface area contributed by atoms with Crippen LogP contribution in [-0.2, 0) is 39.9 Å². The second kappa shape index (κ2) is 12.3. The summed E-state index contributed by atoms with van der Waals surface area (Å²) in [6.45, 7) is 2.49. The van der Waals surface area contributed by atoms with Crippen molar-refractivity contribution < 1.29 is 46.7 Å². The maximum atomic E-state index is 12.3. The third-order valence-electron chi connectivity index (χ3n) is 4.07. The highest BCUT2D eigenvalue weighted by Crippen LogP contribution is 2.17. The number of ether oxygens (including phenoxy) is 1. The Balaban J connectivity index is 2.67. The summed E-state index contributed by atoms with van der Waals surface area (Å²) in [5.41, 5.74) is 5.55. The highest BCUT2D eigenvalue weighted by Gasteiger charge is 2.43. The molecule has 0 saturated carbocycles. The van der Waals surface area contributed by atoms with Gasteiger partial charge >= 0.3 is 18.1 Å². The van der Waals surface area contributed by atoms with Crippen LogP contribution in [0, 0.1) is 0 Å². The van der Waals surface area contributed by atoms with Crippen LogP contribution in [0.15, 0.2) is 24.5 Å². The number of carbonyl (C=O) groups excluding carboxylic acids is 6. The summed E-state index contributed by atoms with van der Waals surface area (Å²) in [7, 11) is 0. The molecule has 0 fully saturated rings. The van der Waals surface area contributed by atoms with Crippen molar-refractivity contribution >= 4 is 35.6 Å². The van der Waals surface area contributed by atoms with Crippen LogP contribution in [-0.4, -0.2) is 64.9 Å². The van der Waals surface area contributed by atoms with Gasteiger partial charge in [-0.25, -0.2) is 9.59 Å². The van der Waals surface area contributed by atoms with E-state index in [9.17, 15) is 41.9 Å². The fraction of sp³-hybridized carbons (Fsp3) is 0.421. The van der Waals surface area contributed by atoms with Crippen molar-refractivity contribution in [1.82, 2.24) is 20.9 Å². The molecule has 12 nitrogen and oxygen atoms in total. The van der Waals surface area contributed by atoms with Gasteiger partial charge in [0, 0.05) is 12.4 Å². The Kier molecular flexibility index (Phi) is 10.1. The first kappa shape index (κ1) is 28.0. The molecule has 1 heterocycles. The molecule has 0 saturated heterocycles. The molecule has 0 unspecified atom stereocenters. The quantitative estimate of drug-likeness (QED) is 0.229. The van der Waals surface area contributed by atoms with E-state index in [0.717, 1.165) is 6.92 Å². The van der Waals surface area contributed by atoms with Gasteiger partial charge in [0.2, 0.25) is 23.6 Å². The Bertz CT molecular complexity index is 940. The average Bonchev–Trinajstić information content (AvgIpc) is 2.72. The third-order valence-corrected chi connectivity index (χ3v) is 4.07. The number of nitrogens with two attached hydrogens (primary N) is 1. The van der Waals surface area contributed by atoms with Crippen LogP contribution in [0.25, 0.3) is 0 Å². The number of hydrogen-bond donors (Lipinski definition) is 4. The van der Waals surface area contributed by atoms with Gasteiger partial charge < -0.3 is 26.4 Å². The van der Waals surface area contributed by atoms with Gasteiger partial charge in [0.15, 0.2) is 0 Å². The lowest BCUT2D eigenvalue weighted by atomic mass is 10.1. The van der Waals surface area contributed by atoms with Gasteiger partial charge in [0.05, 0.1) is 12.8 Å². The molecule has 4 amide bonds. The number of aromatic nitrogens is 1. The summed E-state index contributed by atoms with van der Waals surface area (Å²) in [4.78, 5) is 74.0. The highest BCUT2D eigenvalue weighted by molar-refractivity contribution is 5.97. The first-order valence-electron chi connectivity index (χ1n) is 9.60. The molecule has 1 rings (SSSR count).